The van der Waals surface area contributed by atoms with Crippen LogP contribution in [0.2, 0.25) is 0 Å². The number of hydrogen-bond acceptors (Lipinski definition) is 3. The molecule has 1 amide bonds. The molecule has 0 spiro atoms. The summed E-state index contributed by atoms with van der Waals surface area (Å²) in [7, 11) is 0. The number of unbranched alkanes of at least 4 members (excludes halogenated alkanes) is 13. The number of amides is 1. The molecular formula is C63H99NO3. The zero-order chi connectivity index (χ0) is 48.5. The molecule has 67 heavy (non-hydrogen) atoms. The molecule has 0 fully saturated rings. The Hall–Kier alpha value is -4.25. The van der Waals surface area contributed by atoms with Gasteiger partial charge in [-0.25, -0.2) is 0 Å². The third-order valence-electron chi connectivity index (χ3n) is 10.9. The van der Waals surface area contributed by atoms with Gasteiger partial charge in [0.25, 0.3) is 0 Å². The summed E-state index contributed by atoms with van der Waals surface area (Å²) in [5.41, 5.74) is 0. The second kappa shape index (κ2) is 56.1. The number of aliphatic hydroxyl groups is 2. The van der Waals surface area contributed by atoms with Crippen molar-refractivity contribution >= 4 is 5.91 Å². The van der Waals surface area contributed by atoms with Gasteiger partial charge in [0.05, 0.1) is 18.8 Å². The maximum atomic E-state index is 12.4. The van der Waals surface area contributed by atoms with E-state index in [9.17, 15) is 15.0 Å². The van der Waals surface area contributed by atoms with Crippen LogP contribution in [0.15, 0.2) is 170 Å². The Balaban J connectivity index is 3.78. The Kier molecular flexibility index (Phi) is 52.5. The zero-order valence-electron chi connectivity index (χ0n) is 42.8. The van der Waals surface area contributed by atoms with Crippen molar-refractivity contribution < 1.29 is 15.0 Å². The summed E-state index contributed by atoms with van der Waals surface area (Å²) in [5.74, 6) is -0.124. The Bertz CT molecular complexity index is 1510. The van der Waals surface area contributed by atoms with Crippen molar-refractivity contribution in [2.45, 2.75) is 212 Å². The maximum absolute atomic E-state index is 12.4. The third kappa shape index (κ3) is 52.6. The largest absolute Gasteiger partial charge is 0.394 e. The molecule has 0 aromatic carbocycles. The van der Waals surface area contributed by atoms with Gasteiger partial charge in [0, 0.05) is 6.42 Å². The van der Waals surface area contributed by atoms with E-state index in [4.69, 9.17) is 0 Å². The van der Waals surface area contributed by atoms with Crippen molar-refractivity contribution in [1.82, 2.24) is 5.32 Å². The first-order chi connectivity index (χ1) is 33.2. The standard InChI is InChI=1S/C63H99NO3/c1-3-5-7-9-11-13-15-17-19-21-22-23-24-25-26-27-28-29-30-31-32-33-34-35-36-37-38-39-40-41-42-43-45-47-49-51-53-55-57-59-63(67)64-61(60-65)62(66)58-56-54-52-50-48-46-44-20-18-16-14-12-10-8-6-4-2/h5,7,11,13,17,19,22-23,25-26,28-29,31-32,34-35,37-38,40-41,43,45,48-51,56,58,61-62,65-66H,3-4,6,8-10,12,14-16,18,20-21,24,27,30,33,36,39,42,44,46-47,52-55,57,59-60H2,1-2H3,(H,64,67)/b7-5-,13-11-,19-17-,23-22-,26-25-,29-28-,32-31-,35-34-,38-37-,41-40-,45-43-,50-48+,51-49-,58-56+. The van der Waals surface area contributed by atoms with Crippen LogP contribution in [0.25, 0.3) is 0 Å². The molecule has 0 saturated carbocycles. The minimum Gasteiger partial charge on any atom is -0.394 e. The van der Waals surface area contributed by atoms with Crippen LogP contribution in [0, 0.1) is 0 Å². The van der Waals surface area contributed by atoms with E-state index in [0.29, 0.717) is 6.42 Å². The number of nitrogens with one attached hydrogen (secondary N) is 1. The van der Waals surface area contributed by atoms with E-state index in [0.717, 1.165) is 116 Å². The van der Waals surface area contributed by atoms with E-state index >= 15 is 0 Å². The summed E-state index contributed by atoms with van der Waals surface area (Å²) in [6, 6.07) is -0.675. The molecule has 0 heterocycles. The van der Waals surface area contributed by atoms with E-state index in [1.54, 1.807) is 6.08 Å². The molecule has 2 atom stereocenters. The number of hydrogen-bond donors (Lipinski definition) is 3. The predicted octanol–water partition coefficient (Wildman–Crippen LogP) is 18.0. The molecule has 0 aliphatic carbocycles. The predicted molar refractivity (Wildman–Crippen MR) is 298 cm³/mol. The minimum absolute atomic E-state index is 0.124. The van der Waals surface area contributed by atoms with Gasteiger partial charge in [0.1, 0.15) is 0 Å². The molecule has 0 radical (unpaired) electrons. The number of allylic oxidation sites excluding steroid dienone is 27. The second-order valence-electron chi connectivity index (χ2n) is 17.2. The molecule has 2 unspecified atom stereocenters. The monoisotopic (exact) mass is 918 g/mol. The Labute approximate surface area is 413 Å². The molecule has 0 aromatic rings. The molecular weight excluding hydrogens is 819 g/mol. The van der Waals surface area contributed by atoms with Crippen LogP contribution in [0.3, 0.4) is 0 Å². The molecule has 374 valence electrons. The van der Waals surface area contributed by atoms with E-state index < -0.39 is 12.1 Å². The molecule has 0 rings (SSSR count). The van der Waals surface area contributed by atoms with Gasteiger partial charge < -0.3 is 15.5 Å². The van der Waals surface area contributed by atoms with E-state index in [-0.39, 0.29) is 12.5 Å². The van der Waals surface area contributed by atoms with E-state index in [1.165, 1.54) is 64.2 Å². The minimum atomic E-state index is -0.893. The molecule has 0 saturated heterocycles. The Morgan fingerprint density at radius 3 is 1.04 bits per heavy atom. The van der Waals surface area contributed by atoms with Gasteiger partial charge in [-0.2, -0.15) is 0 Å². The summed E-state index contributed by atoms with van der Waals surface area (Å²) in [5, 5.41) is 23.0. The Morgan fingerprint density at radius 2 is 0.672 bits per heavy atom. The molecule has 4 nitrogen and oxygen atoms in total. The lowest BCUT2D eigenvalue weighted by Crippen LogP contribution is -2.45. The molecule has 0 aliphatic heterocycles. The zero-order valence-corrected chi connectivity index (χ0v) is 42.8. The van der Waals surface area contributed by atoms with Crippen LogP contribution in [0.1, 0.15) is 200 Å². The molecule has 3 N–H and O–H groups in total. The number of aliphatic hydroxyl groups excluding tert-OH is 2. The lowest BCUT2D eigenvalue weighted by molar-refractivity contribution is -0.123. The summed E-state index contributed by atoms with van der Waals surface area (Å²) >= 11 is 0. The van der Waals surface area contributed by atoms with Crippen molar-refractivity contribution in [2.24, 2.45) is 0 Å². The van der Waals surface area contributed by atoms with Gasteiger partial charge in [0.15, 0.2) is 0 Å². The smallest absolute Gasteiger partial charge is 0.220 e. The van der Waals surface area contributed by atoms with Crippen LogP contribution >= 0.6 is 0 Å². The quantitative estimate of drug-likeness (QED) is 0.0421. The average Bonchev–Trinajstić information content (AvgIpc) is 3.33. The summed E-state index contributed by atoms with van der Waals surface area (Å²) in [6.45, 7) is 4.15. The molecule has 0 aliphatic rings. The highest BCUT2D eigenvalue weighted by atomic mass is 16.3. The highest BCUT2D eigenvalue weighted by Crippen LogP contribution is 2.12. The van der Waals surface area contributed by atoms with Crippen LogP contribution in [-0.4, -0.2) is 34.9 Å². The van der Waals surface area contributed by atoms with Gasteiger partial charge in [-0.3, -0.25) is 4.79 Å². The fourth-order valence-corrected chi connectivity index (χ4v) is 6.88. The first-order valence-corrected chi connectivity index (χ1v) is 26.8. The fraction of sp³-hybridized carbons (Fsp3) is 0.540. The van der Waals surface area contributed by atoms with Crippen molar-refractivity contribution in [3.63, 3.8) is 0 Å². The van der Waals surface area contributed by atoms with E-state index in [2.05, 4.69) is 177 Å². The van der Waals surface area contributed by atoms with Gasteiger partial charge in [-0.15, -0.1) is 0 Å². The van der Waals surface area contributed by atoms with Crippen LogP contribution in [0.4, 0.5) is 0 Å². The first-order valence-electron chi connectivity index (χ1n) is 26.8. The molecule has 4 heteroatoms. The van der Waals surface area contributed by atoms with Gasteiger partial charge in [-0.1, -0.05) is 242 Å². The fourth-order valence-electron chi connectivity index (χ4n) is 6.88. The lowest BCUT2D eigenvalue weighted by Gasteiger charge is -2.19. The normalized spacial score (nSPS) is 14.3. The summed E-state index contributed by atoms with van der Waals surface area (Å²) in [4.78, 5) is 12.4. The van der Waals surface area contributed by atoms with Gasteiger partial charge >= 0.3 is 0 Å². The van der Waals surface area contributed by atoms with Gasteiger partial charge in [-0.05, 0) is 122 Å². The highest BCUT2D eigenvalue weighted by Gasteiger charge is 2.17. The average molecular weight is 918 g/mol. The van der Waals surface area contributed by atoms with Crippen molar-refractivity contribution in [3.8, 4) is 0 Å². The number of carbonyl (C=O) groups excluding carboxylic acids is 1. The van der Waals surface area contributed by atoms with Crippen LogP contribution < -0.4 is 5.32 Å². The SMILES string of the molecule is CC/C=C\C/C=C\C/C=C\C/C=C\C/C=C\C/C=C\C/C=C\C/C=C\C/C=C\C/C=C\C/C=C\C/C=C\CCCCC(=O)NC(CO)C(O)/C=C/CC/C=C/CCCCCCCCCCCC. The van der Waals surface area contributed by atoms with Crippen LogP contribution in [0.5, 0.6) is 0 Å². The lowest BCUT2D eigenvalue weighted by atomic mass is 10.1. The molecule has 0 aromatic heterocycles. The van der Waals surface area contributed by atoms with Crippen LogP contribution in [-0.2, 0) is 4.79 Å². The topological polar surface area (TPSA) is 69.6 Å². The summed E-state index contributed by atoms with van der Waals surface area (Å²) in [6.07, 6.45) is 92.1. The number of carbonyl (C=O) groups is 1. The third-order valence-corrected chi connectivity index (χ3v) is 10.9. The highest BCUT2D eigenvalue weighted by molar-refractivity contribution is 5.76. The molecule has 0 bridgehead atoms. The second-order valence-corrected chi connectivity index (χ2v) is 17.2. The van der Waals surface area contributed by atoms with E-state index in [1.807, 2.05) is 6.08 Å². The maximum Gasteiger partial charge on any atom is 0.220 e. The van der Waals surface area contributed by atoms with Crippen molar-refractivity contribution in [2.75, 3.05) is 6.61 Å². The number of rotatable bonds is 46. The van der Waals surface area contributed by atoms with Crippen molar-refractivity contribution in [1.29, 1.82) is 0 Å². The van der Waals surface area contributed by atoms with Crippen molar-refractivity contribution in [3.05, 3.63) is 170 Å². The Morgan fingerprint density at radius 1 is 0.373 bits per heavy atom. The summed E-state index contributed by atoms with van der Waals surface area (Å²) < 4.78 is 0. The first kappa shape index (κ1) is 62.8. The van der Waals surface area contributed by atoms with Gasteiger partial charge in [0.2, 0.25) is 5.91 Å².